The molecule has 32 heavy (non-hydrogen) atoms. The van der Waals surface area contributed by atoms with Crippen molar-refractivity contribution in [3.05, 3.63) is 76.2 Å². The molecule has 2 unspecified atom stereocenters. The molecule has 1 aliphatic carbocycles. The van der Waals surface area contributed by atoms with Gasteiger partial charge in [-0.05, 0) is 57.8 Å². The molecular formula is C25H27BrN3O2S+. The molecule has 1 aliphatic heterocycles. The molecule has 7 heteroatoms. The number of halogens is 1. The van der Waals surface area contributed by atoms with Gasteiger partial charge in [-0.15, -0.1) is 11.8 Å². The largest absolute Gasteiger partial charge is 0.362 e. The normalized spacial score (nSPS) is 22.2. The second-order valence-corrected chi connectivity index (χ2v) is 10.9. The predicted molar refractivity (Wildman–Crippen MR) is 131 cm³/mol. The summed E-state index contributed by atoms with van der Waals surface area (Å²) < 4.78 is 0.885. The number of carbonyl (C=O) groups is 2. The van der Waals surface area contributed by atoms with Gasteiger partial charge in [-0.1, -0.05) is 32.6 Å². The van der Waals surface area contributed by atoms with E-state index < -0.39 is 5.92 Å². The lowest BCUT2D eigenvalue weighted by molar-refractivity contribution is -0.361. The number of ketones is 1. The van der Waals surface area contributed by atoms with Crippen LogP contribution in [0, 0.1) is 11.3 Å². The van der Waals surface area contributed by atoms with Gasteiger partial charge in [0.1, 0.15) is 12.1 Å². The zero-order chi connectivity index (χ0) is 23.0. The van der Waals surface area contributed by atoms with E-state index in [1.165, 1.54) is 0 Å². The summed E-state index contributed by atoms with van der Waals surface area (Å²) in [6, 6.07) is 11.8. The van der Waals surface area contributed by atoms with Crippen molar-refractivity contribution in [1.29, 1.82) is 0 Å². The highest BCUT2D eigenvalue weighted by atomic mass is 79.9. The van der Waals surface area contributed by atoms with E-state index in [2.05, 4.69) is 52.0 Å². The fraction of sp³-hybridized carbons (Fsp3) is 0.320. The van der Waals surface area contributed by atoms with Crippen LogP contribution in [0.15, 0.2) is 75.5 Å². The zero-order valence-corrected chi connectivity index (χ0v) is 20.8. The Hall–Kier alpha value is -2.38. The van der Waals surface area contributed by atoms with Crippen molar-refractivity contribution >= 4 is 45.2 Å². The monoisotopic (exact) mass is 512 g/mol. The first-order chi connectivity index (χ1) is 15.2. The van der Waals surface area contributed by atoms with Gasteiger partial charge >= 0.3 is 5.91 Å². The summed E-state index contributed by atoms with van der Waals surface area (Å²) in [5.41, 5.74) is 3.05. The van der Waals surface area contributed by atoms with Crippen LogP contribution in [0.2, 0.25) is 0 Å². The van der Waals surface area contributed by atoms with Gasteiger partial charge in [-0.3, -0.25) is 4.79 Å². The number of hydrogen-bond acceptors (Lipinski definition) is 4. The smallest absolute Gasteiger partial charge is 0.317 e. The average Bonchev–Trinajstić information content (AvgIpc) is 2.73. The number of hydrogen-bond donors (Lipinski definition) is 2. The molecule has 2 heterocycles. The van der Waals surface area contributed by atoms with Crippen LogP contribution in [0.1, 0.15) is 38.2 Å². The molecule has 0 radical (unpaired) electrons. The van der Waals surface area contributed by atoms with E-state index in [1.807, 2.05) is 36.6 Å². The summed E-state index contributed by atoms with van der Waals surface area (Å²) in [7, 11) is 0. The number of H-pyrrole nitrogens is 1. The van der Waals surface area contributed by atoms with E-state index in [1.54, 1.807) is 24.0 Å². The summed E-state index contributed by atoms with van der Waals surface area (Å²) in [5.74, 6) is -0.518. The van der Waals surface area contributed by atoms with Gasteiger partial charge in [0.05, 0.1) is 4.47 Å². The van der Waals surface area contributed by atoms with Gasteiger partial charge < -0.3 is 5.32 Å². The summed E-state index contributed by atoms with van der Waals surface area (Å²) in [5, 5.41) is 6.30. The van der Waals surface area contributed by atoms with Crippen molar-refractivity contribution in [3.63, 3.8) is 0 Å². The van der Waals surface area contributed by atoms with E-state index in [0.29, 0.717) is 23.5 Å². The number of aromatic amines is 1. The fourth-order valence-corrected chi connectivity index (χ4v) is 5.28. The number of anilines is 1. The van der Waals surface area contributed by atoms with Gasteiger partial charge in [0.2, 0.25) is 0 Å². The fourth-order valence-electron chi connectivity index (χ4n) is 4.62. The summed E-state index contributed by atoms with van der Waals surface area (Å²) >= 11 is 5.05. The molecule has 1 aromatic heterocycles. The third kappa shape index (κ3) is 4.55. The highest BCUT2D eigenvalue weighted by Gasteiger charge is 2.47. The molecule has 0 saturated carbocycles. The van der Waals surface area contributed by atoms with Crippen molar-refractivity contribution in [2.24, 2.45) is 11.3 Å². The summed E-state index contributed by atoms with van der Waals surface area (Å²) in [4.78, 5) is 31.0. The number of thioether (sulfide) groups is 1. The maximum atomic E-state index is 13.5. The van der Waals surface area contributed by atoms with Gasteiger partial charge in [-0.2, -0.15) is 0 Å². The highest BCUT2D eigenvalue weighted by Crippen LogP contribution is 2.48. The number of carbonyl (C=O) groups excluding carboxylic acids is 2. The Bertz CT molecular complexity index is 1110. The van der Waals surface area contributed by atoms with Crippen molar-refractivity contribution in [1.82, 2.24) is 5.32 Å². The van der Waals surface area contributed by atoms with Crippen LogP contribution >= 0.6 is 27.7 Å². The van der Waals surface area contributed by atoms with Gasteiger partial charge in [0, 0.05) is 40.3 Å². The van der Waals surface area contributed by atoms with Crippen LogP contribution in [0.25, 0.3) is 0 Å². The molecule has 0 bridgehead atoms. The first-order valence-corrected chi connectivity index (χ1v) is 12.5. The molecule has 1 amide bonds. The van der Waals surface area contributed by atoms with Crippen LogP contribution < -0.4 is 15.6 Å². The van der Waals surface area contributed by atoms with E-state index in [0.717, 1.165) is 27.0 Å². The molecule has 0 saturated heterocycles. The standard InChI is InChI=1S/C25H26BrN3O2S/c1-14-21(24(31)29-20-10-7-16(26)13-27-20)22(15-5-8-17(32-4)9-6-15)23-18(28-14)11-25(2,3)12-19(23)30/h5-10,13,21-22,28H,1,11-12H2,2-4H3,(H,27,29,31)/p+1. The predicted octanol–water partition coefficient (Wildman–Crippen LogP) is 5.08. The first kappa shape index (κ1) is 22.8. The number of benzene rings is 1. The quantitative estimate of drug-likeness (QED) is 0.560. The molecule has 0 fully saturated rings. The Balaban J connectivity index is 1.77. The molecule has 166 valence electrons. The van der Waals surface area contributed by atoms with E-state index >= 15 is 0 Å². The van der Waals surface area contributed by atoms with Gasteiger partial charge in [0.25, 0.3) is 5.82 Å². The van der Waals surface area contributed by atoms with Crippen molar-refractivity contribution in [3.8, 4) is 0 Å². The molecule has 1 aromatic carbocycles. The number of aromatic nitrogens is 1. The Morgan fingerprint density at radius 3 is 2.56 bits per heavy atom. The molecule has 0 spiro atoms. The molecule has 2 atom stereocenters. The van der Waals surface area contributed by atoms with Gasteiger partial charge in [-0.25, -0.2) is 15.1 Å². The van der Waals surface area contributed by atoms with Crippen LogP contribution in [-0.2, 0) is 9.59 Å². The van der Waals surface area contributed by atoms with Crippen molar-refractivity contribution in [2.45, 2.75) is 37.5 Å². The topological polar surface area (TPSA) is 72.3 Å². The van der Waals surface area contributed by atoms with Crippen molar-refractivity contribution in [2.75, 3.05) is 11.6 Å². The second-order valence-electron chi connectivity index (χ2n) is 9.12. The highest BCUT2D eigenvalue weighted by molar-refractivity contribution is 9.10. The van der Waals surface area contributed by atoms with Crippen LogP contribution in [0.4, 0.5) is 5.82 Å². The van der Waals surface area contributed by atoms with E-state index in [9.17, 15) is 9.59 Å². The number of Topliss-reactive ketones (excluding diaryl/α,β-unsaturated/α-hetero) is 1. The van der Waals surface area contributed by atoms with Crippen LogP contribution in [0.3, 0.4) is 0 Å². The lowest BCUT2D eigenvalue weighted by atomic mass is 9.66. The van der Waals surface area contributed by atoms with Crippen LogP contribution in [-0.4, -0.2) is 17.9 Å². The molecule has 2 aliphatic rings. The number of allylic oxidation sites excluding steroid dienone is 2. The molecule has 5 nitrogen and oxygen atoms in total. The van der Waals surface area contributed by atoms with E-state index in [4.69, 9.17) is 0 Å². The second kappa shape index (κ2) is 8.87. The Labute approximate surface area is 201 Å². The number of rotatable bonds is 4. The summed E-state index contributed by atoms with van der Waals surface area (Å²) in [6.45, 7) is 8.41. The first-order valence-electron chi connectivity index (χ1n) is 10.5. The number of nitrogens with one attached hydrogen (secondary N) is 3. The third-order valence-electron chi connectivity index (χ3n) is 6.04. The zero-order valence-electron chi connectivity index (χ0n) is 18.4. The molecule has 4 rings (SSSR count). The van der Waals surface area contributed by atoms with Crippen molar-refractivity contribution < 1.29 is 14.6 Å². The Kier molecular flexibility index (Phi) is 6.32. The van der Waals surface area contributed by atoms with E-state index in [-0.39, 0.29) is 23.0 Å². The molecule has 2 aromatic rings. The minimum Gasteiger partial charge on any atom is -0.362 e. The Morgan fingerprint density at radius 2 is 1.94 bits per heavy atom. The molecular weight excluding hydrogens is 486 g/mol. The Morgan fingerprint density at radius 1 is 1.22 bits per heavy atom. The lowest BCUT2D eigenvalue weighted by Crippen LogP contribution is -2.45. The average molecular weight is 513 g/mol. The minimum atomic E-state index is -0.615. The third-order valence-corrected chi connectivity index (χ3v) is 7.28. The molecule has 3 N–H and O–H groups in total. The number of amides is 1. The maximum Gasteiger partial charge on any atom is 0.317 e. The SMILES string of the molecule is C=C1NC2=C(C(=O)CC(C)(C)C2)C(c2ccc(SC)cc2)C1C(=O)Nc1ccc(Br)c[nH+]1. The van der Waals surface area contributed by atoms with Gasteiger partial charge in [0.15, 0.2) is 5.78 Å². The number of pyridine rings is 1. The summed E-state index contributed by atoms with van der Waals surface area (Å²) in [6.07, 6.45) is 5.00. The maximum absolute atomic E-state index is 13.5. The minimum absolute atomic E-state index is 0.100. The van der Waals surface area contributed by atoms with Crippen LogP contribution in [0.5, 0.6) is 0 Å². The lowest BCUT2D eigenvalue weighted by Gasteiger charge is -2.41.